The van der Waals surface area contributed by atoms with Gasteiger partial charge in [-0.25, -0.2) is 15.0 Å². The van der Waals surface area contributed by atoms with Crippen LogP contribution in [0.3, 0.4) is 0 Å². The van der Waals surface area contributed by atoms with Crippen LogP contribution in [0.1, 0.15) is 59.3 Å². The smallest absolute Gasteiger partial charge is 0.224 e. The summed E-state index contributed by atoms with van der Waals surface area (Å²) in [7, 11) is 2.02. The Morgan fingerprint density at radius 1 is 1.13 bits per heavy atom. The van der Waals surface area contributed by atoms with E-state index in [1.807, 2.05) is 37.6 Å². The number of amides is 1. The Kier molecular flexibility index (Phi) is 7.36. The van der Waals surface area contributed by atoms with E-state index in [-0.39, 0.29) is 29.6 Å². The van der Waals surface area contributed by atoms with Crippen molar-refractivity contribution in [2.24, 2.45) is 0 Å². The largest absolute Gasteiger partial charge is 0.382 e. The topological polar surface area (TPSA) is 130 Å². The van der Waals surface area contributed by atoms with E-state index in [2.05, 4.69) is 58.1 Å². The molecule has 0 radical (unpaired) electrons. The fourth-order valence-corrected chi connectivity index (χ4v) is 5.27. The van der Waals surface area contributed by atoms with Crippen molar-refractivity contribution in [3.05, 3.63) is 42.5 Å². The molecule has 11 nitrogen and oxygen atoms in total. The van der Waals surface area contributed by atoms with Crippen molar-refractivity contribution in [1.29, 1.82) is 0 Å². The fourth-order valence-electron chi connectivity index (χ4n) is 5.27. The average molecular weight is 538 g/mol. The lowest BCUT2D eigenvalue weighted by atomic mass is 9.87. The van der Waals surface area contributed by atoms with E-state index in [0.29, 0.717) is 29.9 Å². The molecule has 2 aliphatic heterocycles. The maximum atomic E-state index is 12.5. The first-order valence-electron chi connectivity index (χ1n) is 13.4. The van der Waals surface area contributed by atoms with Crippen molar-refractivity contribution in [2.75, 3.05) is 31.2 Å². The highest BCUT2D eigenvalue weighted by Gasteiger charge is 2.56. The van der Waals surface area contributed by atoms with Crippen LogP contribution in [-0.4, -0.2) is 74.6 Å². The van der Waals surface area contributed by atoms with Crippen molar-refractivity contribution in [3.8, 4) is 0 Å². The van der Waals surface area contributed by atoms with Gasteiger partial charge >= 0.3 is 0 Å². The Hall–Kier alpha value is -3.12. The molecule has 3 N–H and O–H groups in total. The molecule has 1 amide bonds. The lowest BCUT2D eigenvalue weighted by molar-refractivity contribution is -0.197. The van der Waals surface area contributed by atoms with Gasteiger partial charge in [0.05, 0.1) is 6.33 Å². The maximum absolute atomic E-state index is 12.5. The molecule has 210 valence electrons. The number of hydrogen-bond donors (Lipinski definition) is 2. The van der Waals surface area contributed by atoms with Crippen LogP contribution in [0.25, 0.3) is 11.2 Å². The van der Waals surface area contributed by atoms with E-state index in [9.17, 15) is 4.79 Å². The molecule has 2 aromatic heterocycles. The number of rotatable bonds is 8. The highest BCUT2D eigenvalue weighted by Crippen LogP contribution is 2.44. The van der Waals surface area contributed by atoms with Gasteiger partial charge in [-0.05, 0) is 57.0 Å². The van der Waals surface area contributed by atoms with Gasteiger partial charge in [-0.2, -0.15) is 0 Å². The van der Waals surface area contributed by atoms with Crippen LogP contribution in [0.4, 0.5) is 11.5 Å². The van der Waals surface area contributed by atoms with Gasteiger partial charge in [-0.3, -0.25) is 9.36 Å². The van der Waals surface area contributed by atoms with Gasteiger partial charge in [0.15, 0.2) is 23.5 Å². The predicted octanol–water partition coefficient (Wildman–Crippen LogP) is 3.47. The number of nitrogen functional groups attached to an aromatic ring is 1. The second-order valence-electron chi connectivity index (χ2n) is 12.0. The van der Waals surface area contributed by atoms with Crippen LogP contribution in [0.2, 0.25) is 0 Å². The molecule has 39 heavy (non-hydrogen) atoms. The summed E-state index contributed by atoms with van der Waals surface area (Å²) < 4.78 is 20.8. The third kappa shape index (κ3) is 5.91. The minimum absolute atomic E-state index is 0.00618. The molecule has 0 bridgehead atoms. The first kappa shape index (κ1) is 27.4. The van der Waals surface area contributed by atoms with Crippen LogP contribution < -0.4 is 11.1 Å². The SMILES string of the molecule is CN(CCCC(=O)Nc1ccc(C(C)(C)C)cc1)CC1OC(n2cnc3c(N)ncnc32)C2OC(C)(C)OC12. The number of carbonyl (C=O) groups is 1. The van der Waals surface area contributed by atoms with Crippen LogP contribution in [0.15, 0.2) is 36.9 Å². The van der Waals surface area contributed by atoms with E-state index >= 15 is 0 Å². The van der Waals surface area contributed by atoms with Crippen LogP contribution in [0.5, 0.6) is 0 Å². The number of nitrogens with two attached hydrogens (primary N) is 1. The quantitative estimate of drug-likeness (QED) is 0.444. The van der Waals surface area contributed by atoms with Gasteiger partial charge in [0.2, 0.25) is 5.91 Å². The zero-order chi connectivity index (χ0) is 27.9. The molecular formula is C28H39N7O4. The Labute approximate surface area is 229 Å². The fraction of sp³-hybridized carbons (Fsp3) is 0.571. The molecule has 2 saturated heterocycles. The van der Waals surface area contributed by atoms with E-state index < -0.39 is 12.0 Å². The molecule has 0 spiro atoms. The number of anilines is 2. The zero-order valence-corrected chi connectivity index (χ0v) is 23.5. The van der Waals surface area contributed by atoms with E-state index in [1.54, 1.807) is 6.33 Å². The molecule has 4 atom stereocenters. The summed E-state index contributed by atoms with van der Waals surface area (Å²) in [4.78, 5) is 27.5. The van der Waals surface area contributed by atoms with Crippen molar-refractivity contribution < 1.29 is 19.0 Å². The van der Waals surface area contributed by atoms with Crippen molar-refractivity contribution in [2.45, 2.75) is 83.2 Å². The molecule has 4 unspecified atom stereocenters. The third-order valence-corrected chi connectivity index (χ3v) is 7.26. The van der Waals surface area contributed by atoms with Crippen LogP contribution in [-0.2, 0) is 24.4 Å². The Bertz CT molecular complexity index is 1320. The number of likely N-dealkylation sites (N-methyl/N-ethyl adjacent to an activating group) is 1. The van der Waals surface area contributed by atoms with Gasteiger partial charge in [-0.1, -0.05) is 32.9 Å². The number of fused-ring (bicyclic) bond motifs is 2. The van der Waals surface area contributed by atoms with Crippen LogP contribution >= 0.6 is 0 Å². The summed E-state index contributed by atoms with van der Waals surface area (Å²) in [6.45, 7) is 11.7. The molecule has 3 aromatic rings. The Morgan fingerprint density at radius 2 is 1.85 bits per heavy atom. The number of nitrogens with one attached hydrogen (secondary N) is 1. The van der Waals surface area contributed by atoms with Crippen molar-refractivity contribution in [1.82, 2.24) is 24.4 Å². The number of imidazole rings is 1. The molecule has 0 aliphatic carbocycles. The predicted molar refractivity (Wildman–Crippen MR) is 148 cm³/mol. The lowest BCUT2D eigenvalue weighted by Crippen LogP contribution is -2.39. The number of ether oxygens (including phenoxy) is 3. The molecular weight excluding hydrogens is 498 g/mol. The number of nitrogens with zero attached hydrogens (tertiary/aromatic N) is 5. The van der Waals surface area contributed by atoms with Gasteiger partial charge < -0.3 is 30.2 Å². The molecule has 0 saturated carbocycles. The van der Waals surface area contributed by atoms with Gasteiger partial charge in [0, 0.05) is 18.7 Å². The summed E-state index contributed by atoms with van der Waals surface area (Å²) in [6.07, 6.45) is 2.93. The van der Waals surface area contributed by atoms with Crippen LogP contribution in [0, 0.1) is 0 Å². The minimum atomic E-state index is -0.734. The van der Waals surface area contributed by atoms with E-state index in [0.717, 1.165) is 18.7 Å². The number of benzene rings is 1. The van der Waals surface area contributed by atoms with Crippen molar-refractivity contribution >= 4 is 28.6 Å². The molecule has 4 heterocycles. The molecule has 5 rings (SSSR count). The minimum Gasteiger partial charge on any atom is -0.382 e. The number of hydrogen-bond acceptors (Lipinski definition) is 9. The standard InChI is InChI=1S/C28H39N7O4/c1-27(2,3)17-9-11-18(12-10-17)33-20(36)8-7-13-34(6)14-19-22-23(39-28(4,5)38-22)26(37-19)35-16-32-21-24(29)30-15-31-25(21)35/h9-12,15-16,19,22-23,26H,7-8,13-14H2,1-6H3,(H,33,36)(H2,29,30,31). The molecule has 11 heteroatoms. The van der Waals surface area contributed by atoms with Gasteiger partial charge in [-0.15, -0.1) is 0 Å². The van der Waals surface area contributed by atoms with Crippen molar-refractivity contribution in [3.63, 3.8) is 0 Å². The second-order valence-corrected chi connectivity index (χ2v) is 12.0. The third-order valence-electron chi connectivity index (χ3n) is 7.26. The van der Waals surface area contributed by atoms with Gasteiger partial charge in [0.1, 0.15) is 30.2 Å². The number of aromatic nitrogens is 4. The number of carbonyl (C=O) groups excluding carboxylic acids is 1. The molecule has 2 fully saturated rings. The first-order chi connectivity index (χ1) is 18.4. The normalized spacial score (nSPS) is 24.4. The Morgan fingerprint density at radius 3 is 2.56 bits per heavy atom. The average Bonchev–Trinajstić information content (AvgIpc) is 3.51. The van der Waals surface area contributed by atoms with Gasteiger partial charge in [0.25, 0.3) is 0 Å². The lowest BCUT2D eigenvalue weighted by Gasteiger charge is -2.27. The summed E-state index contributed by atoms with van der Waals surface area (Å²) in [5, 5.41) is 3.00. The van der Waals surface area contributed by atoms with E-state index in [1.165, 1.54) is 11.9 Å². The molecule has 1 aromatic carbocycles. The molecule has 2 aliphatic rings. The summed E-state index contributed by atoms with van der Waals surface area (Å²) in [5.41, 5.74) is 9.24. The summed E-state index contributed by atoms with van der Waals surface area (Å²) in [6, 6.07) is 8.06. The highest BCUT2D eigenvalue weighted by molar-refractivity contribution is 5.90. The highest BCUT2D eigenvalue weighted by atomic mass is 16.8. The second kappa shape index (κ2) is 10.5. The maximum Gasteiger partial charge on any atom is 0.224 e. The Balaban J connectivity index is 1.16. The first-order valence-corrected chi connectivity index (χ1v) is 13.4. The zero-order valence-electron chi connectivity index (χ0n) is 23.5. The monoisotopic (exact) mass is 537 g/mol. The summed E-state index contributed by atoms with van der Waals surface area (Å²) >= 11 is 0. The summed E-state index contributed by atoms with van der Waals surface area (Å²) in [5.74, 6) is -0.409. The van der Waals surface area contributed by atoms with E-state index in [4.69, 9.17) is 19.9 Å².